The van der Waals surface area contributed by atoms with Crippen LogP contribution in [0.1, 0.15) is 31.7 Å². The third kappa shape index (κ3) is 6.29. The summed E-state index contributed by atoms with van der Waals surface area (Å²) in [6.45, 7) is 12.1. The van der Waals surface area contributed by atoms with E-state index in [1.165, 1.54) is 0 Å². The SMILES string of the molecule is [C-]#[N+]c1cc2c(Oc3ccc(CC(=O)CC)c(Cl)c3)ccnc2cc1OC[C@H](O)CN1CCCC1. The Kier molecular flexibility index (Phi) is 8.19. The van der Waals surface area contributed by atoms with Crippen molar-refractivity contribution >= 4 is 34.0 Å². The topological polar surface area (TPSA) is 76.2 Å². The number of carbonyl (C=O) groups excluding carboxylic acids is 1. The van der Waals surface area contributed by atoms with Crippen LogP contribution < -0.4 is 9.47 Å². The summed E-state index contributed by atoms with van der Waals surface area (Å²) in [6, 6.07) is 10.3. The summed E-state index contributed by atoms with van der Waals surface area (Å²) in [7, 11) is 0. The molecule has 1 atom stereocenters. The van der Waals surface area contributed by atoms with E-state index in [0.29, 0.717) is 51.8 Å². The van der Waals surface area contributed by atoms with Gasteiger partial charge in [0.15, 0.2) is 0 Å². The molecule has 182 valence electrons. The van der Waals surface area contributed by atoms with Crippen LogP contribution in [-0.2, 0) is 11.2 Å². The number of pyridine rings is 1. The quantitative estimate of drug-likeness (QED) is 0.371. The zero-order valence-electron chi connectivity index (χ0n) is 19.7. The van der Waals surface area contributed by atoms with E-state index in [2.05, 4.69) is 14.7 Å². The zero-order valence-corrected chi connectivity index (χ0v) is 20.4. The van der Waals surface area contributed by atoms with Gasteiger partial charge in [-0.25, -0.2) is 4.85 Å². The monoisotopic (exact) mass is 493 g/mol. The van der Waals surface area contributed by atoms with Crippen LogP contribution in [0.15, 0.2) is 42.6 Å². The molecule has 4 rings (SSSR count). The van der Waals surface area contributed by atoms with Gasteiger partial charge in [-0.15, -0.1) is 0 Å². The Morgan fingerprint density at radius 3 is 2.74 bits per heavy atom. The second-order valence-electron chi connectivity index (χ2n) is 8.65. The average molecular weight is 494 g/mol. The maximum absolute atomic E-state index is 11.8. The van der Waals surface area contributed by atoms with Gasteiger partial charge in [0.1, 0.15) is 35.7 Å². The fourth-order valence-corrected chi connectivity index (χ4v) is 4.37. The number of ketones is 1. The lowest BCUT2D eigenvalue weighted by atomic mass is 10.1. The number of carbonyl (C=O) groups is 1. The smallest absolute Gasteiger partial charge is 0.229 e. The van der Waals surface area contributed by atoms with Crippen LogP contribution in [0.2, 0.25) is 5.02 Å². The molecule has 0 unspecified atom stereocenters. The van der Waals surface area contributed by atoms with Crippen molar-refractivity contribution < 1.29 is 19.4 Å². The van der Waals surface area contributed by atoms with Gasteiger partial charge in [-0.1, -0.05) is 24.6 Å². The van der Waals surface area contributed by atoms with Crippen LogP contribution in [0.5, 0.6) is 17.2 Å². The number of β-amino-alcohol motifs (C(OH)–C–C–N with tert-alkyl or cyclic N) is 1. The Labute approximate surface area is 210 Å². The number of aromatic nitrogens is 1. The van der Waals surface area contributed by atoms with Crippen LogP contribution in [0.4, 0.5) is 5.69 Å². The highest BCUT2D eigenvalue weighted by molar-refractivity contribution is 6.31. The first-order valence-electron chi connectivity index (χ1n) is 11.8. The Hall–Kier alpha value is -3.18. The summed E-state index contributed by atoms with van der Waals surface area (Å²) < 4.78 is 11.9. The summed E-state index contributed by atoms with van der Waals surface area (Å²) in [5, 5.41) is 11.5. The summed E-state index contributed by atoms with van der Waals surface area (Å²) in [5.74, 6) is 1.54. The molecule has 0 radical (unpaired) electrons. The molecule has 0 amide bonds. The van der Waals surface area contributed by atoms with E-state index in [9.17, 15) is 9.90 Å². The third-order valence-corrected chi connectivity index (χ3v) is 6.39. The number of fused-ring (bicyclic) bond motifs is 1. The lowest BCUT2D eigenvalue weighted by Gasteiger charge is -2.20. The Morgan fingerprint density at radius 2 is 2.03 bits per heavy atom. The average Bonchev–Trinajstić information content (AvgIpc) is 3.37. The molecule has 3 aromatic rings. The van der Waals surface area contributed by atoms with Gasteiger partial charge >= 0.3 is 0 Å². The van der Waals surface area contributed by atoms with Crippen molar-refractivity contribution in [1.82, 2.24) is 9.88 Å². The predicted octanol–water partition coefficient (Wildman–Crippen LogP) is 5.59. The number of benzene rings is 2. The van der Waals surface area contributed by atoms with E-state index in [-0.39, 0.29) is 18.8 Å². The van der Waals surface area contributed by atoms with Crippen molar-refractivity contribution in [2.45, 2.75) is 38.7 Å². The minimum atomic E-state index is -0.634. The van der Waals surface area contributed by atoms with Crippen LogP contribution in [-0.4, -0.2) is 53.1 Å². The molecule has 8 heteroatoms. The molecule has 1 saturated heterocycles. The molecule has 2 heterocycles. The summed E-state index contributed by atoms with van der Waals surface area (Å²) in [4.78, 5) is 22.0. The first-order chi connectivity index (χ1) is 17.0. The lowest BCUT2D eigenvalue weighted by molar-refractivity contribution is -0.118. The maximum Gasteiger partial charge on any atom is 0.229 e. The highest BCUT2D eigenvalue weighted by Crippen LogP contribution is 2.38. The van der Waals surface area contributed by atoms with Crippen molar-refractivity contribution in [3.8, 4) is 17.2 Å². The number of halogens is 1. The first kappa shape index (κ1) is 24.9. The highest BCUT2D eigenvalue weighted by Gasteiger charge is 2.18. The molecule has 1 aliphatic heterocycles. The zero-order chi connectivity index (χ0) is 24.8. The van der Waals surface area contributed by atoms with Gasteiger partial charge in [0.05, 0.1) is 12.1 Å². The van der Waals surface area contributed by atoms with Crippen molar-refractivity contribution in [2.75, 3.05) is 26.2 Å². The Morgan fingerprint density at radius 1 is 1.23 bits per heavy atom. The standard InChI is InChI=1S/C27H28ClN3O4/c1-3-19(32)12-18-6-7-21(13-23(18)28)35-26-8-9-30-24-15-27(25(29-2)14-22(24)26)34-17-20(33)16-31-10-4-5-11-31/h6-9,13-15,20,33H,3-5,10-12,16-17H2,1H3/t20-/m1/s1. The van der Waals surface area contributed by atoms with Crippen molar-refractivity contribution in [2.24, 2.45) is 0 Å². The van der Waals surface area contributed by atoms with Crippen LogP contribution in [0.3, 0.4) is 0 Å². The van der Waals surface area contributed by atoms with Crippen LogP contribution in [0, 0.1) is 6.57 Å². The van der Waals surface area contributed by atoms with Crippen LogP contribution >= 0.6 is 11.6 Å². The van der Waals surface area contributed by atoms with Gasteiger partial charge in [0.2, 0.25) is 5.69 Å². The van der Waals surface area contributed by atoms with E-state index in [0.717, 1.165) is 31.5 Å². The largest absolute Gasteiger partial charge is 0.502 e. The van der Waals surface area contributed by atoms with E-state index in [4.69, 9.17) is 27.6 Å². The van der Waals surface area contributed by atoms with Gasteiger partial charge < -0.3 is 19.5 Å². The van der Waals surface area contributed by atoms with Gasteiger partial charge in [-0.05, 0) is 61.8 Å². The minimum Gasteiger partial charge on any atom is -0.502 e. The highest BCUT2D eigenvalue weighted by atomic mass is 35.5. The molecular weight excluding hydrogens is 466 g/mol. The van der Waals surface area contributed by atoms with E-state index < -0.39 is 6.10 Å². The molecule has 0 aliphatic carbocycles. The molecule has 0 saturated carbocycles. The summed E-state index contributed by atoms with van der Waals surface area (Å²) in [6.07, 6.45) is 4.06. The second-order valence-corrected chi connectivity index (χ2v) is 9.06. The van der Waals surface area contributed by atoms with Gasteiger partial charge in [0.25, 0.3) is 0 Å². The number of hydrogen-bond donors (Lipinski definition) is 1. The van der Waals surface area contributed by atoms with E-state index in [1.54, 1.807) is 42.6 Å². The maximum atomic E-state index is 11.8. The molecule has 1 aromatic heterocycles. The minimum absolute atomic E-state index is 0.103. The third-order valence-electron chi connectivity index (χ3n) is 6.04. The number of hydrogen-bond acceptors (Lipinski definition) is 6. The summed E-state index contributed by atoms with van der Waals surface area (Å²) in [5.41, 5.74) is 1.68. The number of aliphatic hydroxyl groups is 1. The van der Waals surface area contributed by atoms with Gasteiger partial charge in [-0.3, -0.25) is 9.78 Å². The van der Waals surface area contributed by atoms with Crippen molar-refractivity contribution in [3.05, 3.63) is 64.6 Å². The van der Waals surface area contributed by atoms with Gasteiger partial charge in [-0.2, -0.15) is 0 Å². The van der Waals surface area contributed by atoms with Crippen molar-refractivity contribution in [1.29, 1.82) is 0 Å². The fourth-order valence-electron chi connectivity index (χ4n) is 4.13. The molecule has 1 N–H and O–H groups in total. The van der Waals surface area contributed by atoms with Crippen LogP contribution in [0.25, 0.3) is 15.7 Å². The molecule has 7 nitrogen and oxygen atoms in total. The normalized spacial score (nSPS) is 14.6. The molecular formula is C27H28ClN3O4. The lowest BCUT2D eigenvalue weighted by Crippen LogP contribution is -2.33. The molecule has 1 aliphatic rings. The molecule has 2 aromatic carbocycles. The number of aliphatic hydroxyl groups excluding tert-OH is 1. The summed E-state index contributed by atoms with van der Waals surface area (Å²) >= 11 is 6.37. The molecule has 1 fully saturated rings. The Balaban J connectivity index is 1.51. The van der Waals surface area contributed by atoms with Gasteiger partial charge in [0, 0.05) is 36.0 Å². The number of rotatable bonds is 10. The van der Waals surface area contributed by atoms with E-state index >= 15 is 0 Å². The number of likely N-dealkylation sites (tertiary alicyclic amines) is 1. The molecule has 0 bridgehead atoms. The molecule has 35 heavy (non-hydrogen) atoms. The predicted molar refractivity (Wildman–Crippen MR) is 136 cm³/mol. The number of ether oxygens (including phenoxy) is 2. The molecule has 0 spiro atoms. The second kappa shape index (κ2) is 11.5. The number of Topliss-reactive ketones (excluding diaryl/α,β-unsaturated/α-hetero) is 1. The van der Waals surface area contributed by atoms with Crippen molar-refractivity contribution in [3.63, 3.8) is 0 Å². The fraction of sp³-hybridized carbons (Fsp3) is 0.370. The first-order valence-corrected chi connectivity index (χ1v) is 12.2. The van der Waals surface area contributed by atoms with E-state index in [1.807, 2.05) is 6.92 Å². The number of nitrogens with zero attached hydrogens (tertiary/aromatic N) is 3. The Bertz CT molecular complexity index is 1250.